The van der Waals surface area contributed by atoms with E-state index in [0.717, 1.165) is 96.3 Å². The van der Waals surface area contributed by atoms with Crippen molar-refractivity contribution >= 4 is 25.7 Å². The summed E-state index contributed by atoms with van der Waals surface area (Å²) >= 11 is 0. The molecule has 0 saturated carbocycles. The second-order valence-corrected chi connectivity index (χ2v) is 16.7. The van der Waals surface area contributed by atoms with Crippen LogP contribution in [0.15, 0.2) is 72.9 Å². The number of esters is 1. The van der Waals surface area contributed by atoms with Crippen LogP contribution in [0.1, 0.15) is 181 Å². The van der Waals surface area contributed by atoms with Crippen molar-refractivity contribution in [1.82, 2.24) is 5.32 Å². The van der Waals surface area contributed by atoms with E-state index >= 15 is 0 Å². The summed E-state index contributed by atoms with van der Waals surface area (Å²) in [4.78, 5) is 46.0. The Labute approximate surface area is 363 Å². The molecule has 0 aliphatic carbocycles. The van der Waals surface area contributed by atoms with Gasteiger partial charge in [0.1, 0.15) is 12.7 Å². The molecule has 0 aliphatic rings. The number of hydrogen-bond acceptors (Lipinski definition) is 8. The molecule has 11 nitrogen and oxygen atoms in total. The molecule has 0 rings (SSSR count). The highest BCUT2D eigenvalue weighted by atomic mass is 31.2. The number of unbranched alkanes of at least 4 members (excludes halogenated alkanes) is 16. The van der Waals surface area contributed by atoms with Gasteiger partial charge in [0.2, 0.25) is 5.91 Å². The predicted molar refractivity (Wildman–Crippen MR) is 244 cm³/mol. The molecule has 0 radical (unpaired) electrons. The van der Waals surface area contributed by atoms with E-state index in [2.05, 4.69) is 92.1 Å². The molecule has 0 aromatic heterocycles. The maximum Gasteiger partial charge on any atom is 0.472 e. The number of allylic oxidation sites excluding steroid dienone is 12. The van der Waals surface area contributed by atoms with Gasteiger partial charge in [-0.2, -0.15) is 0 Å². The fraction of sp³-hybridized carbons (Fsp3) is 0.688. The fourth-order valence-electron chi connectivity index (χ4n) is 5.86. The van der Waals surface area contributed by atoms with E-state index in [0.29, 0.717) is 12.8 Å². The van der Waals surface area contributed by atoms with E-state index < -0.39 is 57.6 Å². The maximum absolute atomic E-state index is 12.3. The van der Waals surface area contributed by atoms with Gasteiger partial charge in [0.05, 0.1) is 13.2 Å². The highest BCUT2D eigenvalue weighted by Gasteiger charge is 2.28. The van der Waals surface area contributed by atoms with Crippen molar-refractivity contribution in [2.45, 2.75) is 193 Å². The quantitative estimate of drug-likeness (QED) is 0.0201. The molecule has 0 aromatic rings. The summed E-state index contributed by atoms with van der Waals surface area (Å²) in [5.41, 5.74) is 0. The van der Waals surface area contributed by atoms with Crippen molar-refractivity contribution in [3.63, 3.8) is 0 Å². The molecule has 0 heterocycles. The molecule has 4 N–H and O–H groups in total. The van der Waals surface area contributed by atoms with Gasteiger partial charge in [-0.1, -0.05) is 151 Å². The third-order valence-electron chi connectivity index (χ3n) is 9.47. The van der Waals surface area contributed by atoms with Crippen molar-refractivity contribution in [1.29, 1.82) is 0 Å². The summed E-state index contributed by atoms with van der Waals surface area (Å²) in [7, 11) is -4.77. The number of rotatable bonds is 42. The van der Waals surface area contributed by atoms with Crippen molar-refractivity contribution in [2.24, 2.45) is 0 Å². The molecule has 0 bridgehead atoms. The molecule has 0 aliphatic heterocycles. The predicted octanol–water partition coefficient (Wildman–Crippen LogP) is 12.1. The van der Waals surface area contributed by atoms with Crippen molar-refractivity contribution in [2.75, 3.05) is 19.8 Å². The molecule has 3 unspecified atom stereocenters. The highest BCUT2D eigenvalue weighted by molar-refractivity contribution is 7.47. The lowest BCUT2D eigenvalue weighted by Gasteiger charge is -2.18. The molecule has 0 spiro atoms. The molecular weight excluding hydrogens is 781 g/mol. The van der Waals surface area contributed by atoms with Gasteiger partial charge in [-0.05, 0) is 89.9 Å². The van der Waals surface area contributed by atoms with Gasteiger partial charge in [0.25, 0.3) is 0 Å². The summed E-state index contributed by atoms with van der Waals surface area (Å²) in [6.07, 6.45) is 50.6. The minimum absolute atomic E-state index is 0.120. The molecule has 60 heavy (non-hydrogen) atoms. The zero-order valence-electron chi connectivity index (χ0n) is 37.2. The van der Waals surface area contributed by atoms with Crippen LogP contribution in [0.3, 0.4) is 0 Å². The Hall–Kier alpha value is -3.08. The van der Waals surface area contributed by atoms with Gasteiger partial charge >= 0.3 is 19.8 Å². The minimum Gasteiger partial charge on any atom is -0.480 e. The SMILES string of the molecule is CCCCC/C=C\C/C=C\C/C=C\C/C=C\CCCCCCCC(=O)NC(COP(=O)(O)OCC(O)COC(=O)CCCCCCC/C=C\C/C=C\CCCCC)C(=O)O. The number of aliphatic hydroxyl groups excluding tert-OH is 1. The van der Waals surface area contributed by atoms with Crippen LogP contribution in [-0.4, -0.2) is 64.9 Å². The largest absolute Gasteiger partial charge is 0.480 e. The monoisotopic (exact) mass is 864 g/mol. The average molecular weight is 864 g/mol. The molecule has 0 fully saturated rings. The summed E-state index contributed by atoms with van der Waals surface area (Å²) in [5, 5.41) is 21.8. The molecule has 3 atom stereocenters. The van der Waals surface area contributed by atoms with E-state index in [9.17, 15) is 34.1 Å². The van der Waals surface area contributed by atoms with Crippen molar-refractivity contribution in [3.8, 4) is 0 Å². The molecular formula is C48H82NO10P. The van der Waals surface area contributed by atoms with Gasteiger partial charge in [0.15, 0.2) is 6.04 Å². The number of carbonyl (C=O) groups excluding carboxylic acids is 2. The second-order valence-electron chi connectivity index (χ2n) is 15.2. The lowest BCUT2D eigenvalue weighted by molar-refractivity contribution is -0.147. The number of aliphatic hydroxyl groups is 1. The van der Waals surface area contributed by atoms with Crippen molar-refractivity contribution in [3.05, 3.63) is 72.9 Å². The number of nitrogens with one attached hydrogen (secondary N) is 1. The number of carboxylic acids is 1. The Balaban J connectivity index is 3.96. The van der Waals surface area contributed by atoms with E-state index in [-0.39, 0.29) is 12.8 Å². The number of hydrogen-bond donors (Lipinski definition) is 4. The Kier molecular flexibility index (Phi) is 40.4. The van der Waals surface area contributed by atoms with E-state index in [4.69, 9.17) is 13.8 Å². The molecule has 344 valence electrons. The number of amides is 1. The molecule has 0 aromatic carbocycles. The summed E-state index contributed by atoms with van der Waals surface area (Å²) in [6.45, 7) is 2.50. The van der Waals surface area contributed by atoms with Crippen LogP contribution in [0.2, 0.25) is 0 Å². The number of ether oxygens (including phenoxy) is 1. The summed E-state index contributed by atoms with van der Waals surface area (Å²) < 4.78 is 26.8. The first-order valence-electron chi connectivity index (χ1n) is 23.0. The van der Waals surface area contributed by atoms with Gasteiger partial charge in [-0.3, -0.25) is 18.6 Å². The lowest BCUT2D eigenvalue weighted by Crippen LogP contribution is -2.43. The first-order chi connectivity index (χ1) is 29.1. The normalized spacial score (nSPS) is 14.3. The van der Waals surface area contributed by atoms with Crippen molar-refractivity contribution < 1.29 is 47.8 Å². The Morgan fingerprint density at radius 2 is 0.917 bits per heavy atom. The van der Waals surface area contributed by atoms with Crippen LogP contribution < -0.4 is 5.32 Å². The van der Waals surface area contributed by atoms with Gasteiger partial charge in [0, 0.05) is 12.8 Å². The van der Waals surface area contributed by atoms with Gasteiger partial charge in [-0.15, -0.1) is 0 Å². The van der Waals surface area contributed by atoms with Crippen LogP contribution >= 0.6 is 7.82 Å². The number of phosphoric acid groups is 1. The summed E-state index contributed by atoms with van der Waals surface area (Å²) in [6, 6.07) is -1.56. The smallest absolute Gasteiger partial charge is 0.472 e. The Morgan fingerprint density at radius 1 is 0.533 bits per heavy atom. The Morgan fingerprint density at radius 3 is 1.37 bits per heavy atom. The fourth-order valence-corrected chi connectivity index (χ4v) is 6.63. The van der Waals surface area contributed by atoms with E-state index in [1.807, 2.05) is 0 Å². The zero-order chi connectivity index (χ0) is 44.2. The molecule has 1 amide bonds. The lowest BCUT2D eigenvalue weighted by atomic mass is 10.1. The first-order valence-corrected chi connectivity index (χ1v) is 24.5. The van der Waals surface area contributed by atoms with E-state index in [1.165, 1.54) is 44.9 Å². The number of phosphoric ester groups is 1. The van der Waals surface area contributed by atoms with Crippen LogP contribution in [0.4, 0.5) is 0 Å². The zero-order valence-corrected chi connectivity index (χ0v) is 38.1. The highest BCUT2D eigenvalue weighted by Crippen LogP contribution is 2.43. The van der Waals surface area contributed by atoms with Crippen LogP contribution in [-0.2, 0) is 32.7 Å². The standard InChI is InChI=1S/C48H82NO10P/c1-3-5-7-9-11-13-15-17-19-20-21-22-23-24-26-27-29-31-33-35-37-39-46(51)49-45(48(53)54)43-59-60(55,56)58-42-44(50)41-57-47(52)40-38-36-34-32-30-28-25-18-16-14-12-10-8-6-4-2/h11-14,17-19,21-22,24-26,44-45,50H,3-10,15-16,20,23,27-43H2,1-2H3,(H,49,51)(H,53,54)(H,55,56)/b13-11-,14-12-,19-17-,22-21-,25-18-,26-24-. The minimum atomic E-state index is -4.77. The number of carbonyl (C=O) groups is 3. The van der Waals surface area contributed by atoms with Crippen LogP contribution in [0.5, 0.6) is 0 Å². The molecule has 12 heteroatoms. The molecule has 0 saturated heterocycles. The maximum atomic E-state index is 12.3. The van der Waals surface area contributed by atoms with Crippen LogP contribution in [0.25, 0.3) is 0 Å². The second kappa shape index (κ2) is 42.6. The third kappa shape index (κ3) is 41.6. The summed E-state index contributed by atoms with van der Waals surface area (Å²) in [5.74, 6) is -2.42. The van der Waals surface area contributed by atoms with Crippen LogP contribution in [0, 0.1) is 0 Å². The van der Waals surface area contributed by atoms with Gasteiger partial charge < -0.3 is 25.2 Å². The van der Waals surface area contributed by atoms with E-state index in [1.54, 1.807) is 0 Å². The van der Waals surface area contributed by atoms with Gasteiger partial charge in [-0.25, -0.2) is 9.36 Å². The Bertz CT molecular complexity index is 1290. The average Bonchev–Trinajstić information content (AvgIpc) is 3.22. The number of carboxylic acid groups (broad SMARTS) is 1. The third-order valence-corrected chi connectivity index (χ3v) is 10.4. The topological polar surface area (TPSA) is 169 Å². The first kappa shape index (κ1) is 56.9. The number of aliphatic carboxylic acids is 1.